The summed E-state index contributed by atoms with van der Waals surface area (Å²) in [6.45, 7) is 0. The predicted octanol–water partition coefficient (Wildman–Crippen LogP) is 5.07. The molecule has 0 N–H and O–H groups in total. The Balaban J connectivity index is 2.04. The molecule has 0 saturated heterocycles. The zero-order valence-electron chi connectivity index (χ0n) is 13.9. The number of methoxy groups -OCH3 is 1. The van der Waals surface area contributed by atoms with E-state index in [9.17, 15) is 14.9 Å². The summed E-state index contributed by atoms with van der Waals surface area (Å²) >= 11 is 1.61. The lowest BCUT2D eigenvalue weighted by molar-refractivity contribution is -0.384. The lowest BCUT2D eigenvalue weighted by Gasteiger charge is -2.10. The molecule has 0 amide bonds. The van der Waals surface area contributed by atoms with Gasteiger partial charge < -0.3 is 4.74 Å². The molecule has 0 aliphatic carbocycles. The number of carbonyl (C=O) groups excluding carboxylic acids is 1. The van der Waals surface area contributed by atoms with Crippen molar-refractivity contribution < 1.29 is 14.5 Å². The maximum Gasteiger partial charge on any atom is 0.269 e. The van der Waals surface area contributed by atoms with Crippen molar-refractivity contribution in [2.75, 3.05) is 7.11 Å². The number of thiophene rings is 1. The Kier molecular flexibility index (Phi) is 5.24. The number of nitrogens with zero attached hydrogens (tertiary/aromatic N) is 1. The SMILES string of the molecule is COc1ccc(-c2cccs2)cc1C(C=O)=Cc1ccc([N+](=O)[O-])cc1. The lowest BCUT2D eigenvalue weighted by atomic mass is 10.00. The van der Waals surface area contributed by atoms with E-state index in [1.165, 1.54) is 12.1 Å². The van der Waals surface area contributed by atoms with E-state index < -0.39 is 4.92 Å². The number of aldehydes is 1. The zero-order valence-corrected chi connectivity index (χ0v) is 14.7. The molecule has 26 heavy (non-hydrogen) atoms. The highest BCUT2D eigenvalue weighted by atomic mass is 32.1. The van der Waals surface area contributed by atoms with E-state index in [1.54, 1.807) is 36.7 Å². The van der Waals surface area contributed by atoms with E-state index in [0.29, 0.717) is 22.4 Å². The molecule has 0 unspecified atom stereocenters. The molecule has 1 aromatic heterocycles. The maximum atomic E-state index is 11.7. The number of ether oxygens (including phenoxy) is 1. The first-order chi connectivity index (χ1) is 12.6. The van der Waals surface area contributed by atoms with Crippen LogP contribution in [0, 0.1) is 10.1 Å². The molecule has 0 bridgehead atoms. The summed E-state index contributed by atoms with van der Waals surface area (Å²) in [6.07, 6.45) is 2.45. The van der Waals surface area contributed by atoms with Gasteiger partial charge in [0.05, 0.1) is 12.0 Å². The second-order valence-corrected chi connectivity index (χ2v) is 6.41. The van der Waals surface area contributed by atoms with Crippen LogP contribution in [0.2, 0.25) is 0 Å². The first kappa shape index (κ1) is 17.6. The molecule has 5 nitrogen and oxygen atoms in total. The van der Waals surface area contributed by atoms with Crippen LogP contribution in [0.15, 0.2) is 60.0 Å². The first-order valence-corrected chi connectivity index (χ1v) is 8.64. The van der Waals surface area contributed by atoms with E-state index in [2.05, 4.69) is 0 Å². The summed E-state index contributed by atoms with van der Waals surface area (Å²) in [5.74, 6) is 0.588. The molecule has 3 aromatic rings. The molecular weight excluding hydrogens is 350 g/mol. The number of carbonyl (C=O) groups is 1. The van der Waals surface area contributed by atoms with E-state index in [-0.39, 0.29) is 5.69 Å². The van der Waals surface area contributed by atoms with Crippen LogP contribution in [0.3, 0.4) is 0 Å². The van der Waals surface area contributed by atoms with Gasteiger partial charge in [-0.1, -0.05) is 6.07 Å². The van der Waals surface area contributed by atoms with Crippen LogP contribution in [0.5, 0.6) is 5.75 Å². The van der Waals surface area contributed by atoms with Gasteiger partial charge in [0.25, 0.3) is 5.69 Å². The molecule has 0 fully saturated rings. The fourth-order valence-corrected chi connectivity index (χ4v) is 3.30. The number of allylic oxidation sites excluding steroid dienone is 1. The van der Waals surface area contributed by atoms with Crippen molar-refractivity contribution in [2.24, 2.45) is 0 Å². The van der Waals surface area contributed by atoms with Gasteiger partial charge in [-0.3, -0.25) is 14.9 Å². The summed E-state index contributed by atoms with van der Waals surface area (Å²) in [4.78, 5) is 23.1. The Morgan fingerprint density at radius 1 is 1.15 bits per heavy atom. The molecule has 3 rings (SSSR count). The van der Waals surface area contributed by atoms with Crippen molar-refractivity contribution in [2.45, 2.75) is 0 Å². The van der Waals surface area contributed by atoms with Crippen molar-refractivity contribution >= 4 is 35.0 Å². The minimum Gasteiger partial charge on any atom is -0.496 e. The third-order valence-corrected chi connectivity index (χ3v) is 4.79. The maximum absolute atomic E-state index is 11.7. The smallest absolute Gasteiger partial charge is 0.269 e. The third-order valence-electron chi connectivity index (χ3n) is 3.87. The average molecular weight is 365 g/mol. The molecule has 0 saturated carbocycles. The predicted molar refractivity (Wildman–Crippen MR) is 103 cm³/mol. The quantitative estimate of drug-likeness (QED) is 0.201. The van der Waals surface area contributed by atoms with Crippen molar-refractivity contribution in [3.8, 4) is 16.2 Å². The standard InChI is InChI=1S/C20H15NO4S/c1-25-19-9-6-15(20-3-2-10-26-20)12-18(19)16(13-22)11-14-4-7-17(8-5-14)21(23)24/h2-13H,1H3. The van der Waals surface area contributed by atoms with Crippen LogP contribution in [0.25, 0.3) is 22.1 Å². The Hall–Kier alpha value is -3.25. The van der Waals surface area contributed by atoms with E-state index in [4.69, 9.17) is 4.74 Å². The molecule has 1 heterocycles. The van der Waals surface area contributed by atoms with Gasteiger partial charge in [-0.25, -0.2) is 0 Å². The number of hydrogen-bond acceptors (Lipinski definition) is 5. The third kappa shape index (κ3) is 3.70. The number of hydrogen-bond donors (Lipinski definition) is 0. The van der Waals surface area contributed by atoms with Gasteiger partial charge in [0, 0.05) is 28.1 Å². The summed E-state index contributed by atoms with van der Waals surface area (Å²) in [6, 6.07) is 15.7. The highest BCUT2D eigenvalue weighted by Gasteiger charge is 2.12. The largest absolute Gasteiger partial charge is 0.496 e. The molecule has 0 aliphatic rings. The highest BCUT2D eigenvalue weighted by Crippen LogP contribution is 2.33. The van der Waals surface area contributed by atoms with Crippen molar-refractivity contribution in [3.05, 3.63) is 81.2 Å². The molecule has 0 spiro atoms. The van der Waals surface area contributed by atoms with Gasteiger partial charge in [-0.15, -0.1) is 11.3 Å². The average Bonchev–Trinajstić information content (AvgIpc) is 3.20. The second-order valence-electron chi connectivity index (χ2n) is 5.46. The Labute approximate surface area is 154 Å². The van der Waals surface area contributed by atoms with Crippen LogP contribution in [0.4, 0.5) is 5.69 Å². The van der Waals surface area contributed by atoms with Crippen molar-refractivity contribution in [1.82, 2.24) is 0 Å². The Bertz CT molecular complexity index is 960. The summed E-state index contributed by atoms with van der Waals surface area (Å²) in [5.41, 5.74) is 2.81. The van der Waals surface area contributed by atoms with Gasteiger partial charge >= 0.3 is 0 Å². The van der Waals surface area contributed by atoms with Crippen LogP contribution in [-0.2, 0) is 4.79 Å². The van der Waals surface area contributed by atoms with Gasteiger partial charge in [-0.05, 0) is 59.0 Å². The first-order valence-electron chi connectivity index (χ1n) is 7.76. The Morgan fingerprint density at radius 3 is 2.50 bits per heavy atom. The van der Waals surface area contributed by atoms with Crippen LogP contribution < -0.4 is 4.74 Å². The number of non-ortho nitro benzene ring substituents is 1. The lowest BCUT2D eigenvalue weighted by Crippen LogP contribution is -1.94. The number of benzene rings is 2. The van der Waals surface area contributed by atoms with E-state index in [0.717, 1.165) is 16.7 Å². The zero-order chi connectivity index (χ0) is 18.5. The van der Waals surface area contributed by atoms with Crippen molar-refractivity contribution in [1.29, 1.82) is 0 Å². The summed E-state index contributed by atoms with van der Waals surface area (Å²) < 4.78 is 5.40. The van der Waals surface area contributed by atoms with Gasteiger partial charge in [0.2, 0.25) is 0 Å². The monoisotopic (exact) mass is 365 g/mol. The minimum atomic E-state index is -0.457. The molecule has 0 radical (unpaired) electrons. The number of rotatable bonds is 6. The molecule has 130 valence electrons. The topological polar surface area (TPSA) is 69.4 Å². The molecular formula is C20H15NO4S. The number of nitro benzene ring substituents is 1. The van der Waals surface area contributed by atoms with Crippen LogP contribution >= 0.6 is 11.3 Å². The van der Waals surface area contributed by atoms with Gasteiger partial charge in [0.1, 0.15) is 5.75 Å². The normalized spacial score (nSPS) is 11.2. The van der Waals surface area contributed by atoms with Gasteiger partial charge in [-0.2, -0.15) is 0 Å². The Morgan fingerprint density at radius 2 is 1.92 bits per heavy atom. The molecule has 0 atom stereocenters. The molecule has 6 heteroatoms. The van der Waals surface area contributed by atoms with Crippen LogP contribution in [-0.4, -0.2) is 18.3 Å². The fraction of sp³-hybridized carbons (Fsp3) is 0.0500. The number of nitro groups is 1. The summed E-state index contributed by atoms with van der Waals surface area (Å²) in [5, 5.41) is 12.8. The minimum absolute atomic E-state index is 0.00655. The summed E-state index contributed by atoms with van der Waals surface area (Å²) in [7, 11) is 1.55. The van der Waals surface area contributed by atoms with E-state index >= 15 is 0 Å². The second kappa shape index (κ2) is 7.76. The highest BCUT2D eigenvalue weighted by molar-refractivity contribution is 7.13. The fourth-order valence-electron chi connectivity index (χ4n) is 2.58. The molecule has 0 aliphatic heterocycles. The van der Waals surface area contributed by atoms with E-state index in [1.807, 2.05) is 35.7 Å². The van der Waals surface area contributed by atoms with Crippen molar-refractivity contribution in [3.63, 3.8) is 0 Å². The van der Waals surface area contributed by atoms with Crippen LogP contribution in [0.1, 0.15) is 11.1 Å². The molecule has 2 aromatic carbocycles. The van der Waals surface area contributed by atoms with Gasteiger partial charge in [0.15, 0.2) is 6.29 Å².